The summed E-state index contributed by atoms with van der Waals surface area (Å²) in [7, 11) is 0. The normalized spacial score (nSPS) is 37.8. The van der Waals surface area contributed by atoms with Crippen LogP contribution in [0.2, 0.25) is 0 Å². The number of rotatable bonds is 1. The topological polar surface area (TPSA) is 35.5 Å². The van der Waals surface area contributed by atoms with E-state index in [0.717, 1.165) is 6.54 Å². The first-order chi connectivity index (χ1) is 5.92. The first-order valence-electron chi connectivity index (χ1n) is 4.99. The highest BCUT2D eigenvalue weighted by Gasteiger charge is 2.37. The first-order valence-corrected chi connectivity index (χ1v) is 4.99. The van der Waals surface area contributed by atoms with Gasteiger partial charge in [-0.3, -0.25) is 4.90 Å². The summed E-state index contributed by atoms with van der Waals surface area (Å²) in [4.78, 5) is 2.45. The van der Waals surface area contributed by atoms with Gasteiger partial charge in [-0.25, -0.2) is 0 Å². The monoisotopic (exact) mass is 170 g/mol. The van der Waals surface area contributed by atoms with Crippen molar-refractivity contribution in [1.82, 2.24) is 10.2 Å². The van der Waals surface area contributed by atoms with Crippen LogP contribution in [-0.4, -0.2) is 48.3 Å². The molecule has 0 radical (unpaired) electrons. The molecule has 2 heterocycles. The van der Waals surface area contributed by atoms with E-state index < -0.39 is 0 Å². The van der Waals surface area contributed by atoms with Crippen molar-refractivity contribution in [2.75, 3.05) is 26.2 Å². The van der Waals surface area contributed by atoms with Crippen molar-refractivity contribution in [2.24, 2.45) is 0 Å². The Kier molecular flexibility index (Phi) is 2.63. The van der Waals surface area contributed by atoms with Crippen molar-refractivity contribution in [2.45, 2.75) is 31.3 Å². The van der Waals surface area contributed by atoms with Gasteiger partial charge in [0.2, 0.25) is 0 Å². The average Bonchev–Trinajstić information content (AvgIpc) is 2.04. The third-order valence-electron chi connectivity index (χ3n) is 3.09. The maximum Gasteiger partial charge on any atom is 0.0587 e. The van der Waals surface area contributed by atoms with E-state index in [1.54, 1.807) is 0 Å². The van der Waals surface area contributed by atoms with Gasteiger partial charge >= 0.3 is 0 Å². The Morgan fingerprint density at radius 1 is 1.42 bits per heavy atom. The zero-order valence-corrected chi connectivity index (χ0v) is 7.50. The molecule has 3 nitrogen and oxygen atoms in total. The molecule has 2 N–H and O–H groups in total. The minimum Gasteiger partial charge on any atom is -0.395 e. The van der Waals surface area contributed by atoms with E-state index in [1.807, 2.05) is 0 Å². The molecule has 0 aromatic rings. The molecule has 3 heteroatoms. The van der Waals surface area contributed by atoms with Gasteiger partial charge in [0.15, 0.2) is 0 Å². The van der Waals surface area contributed by atoms with Crippen molar-refractivity contribution >= 4 is 0 Å². The van der Waals surface area contributed by atoms with Gasteiger partial charge < -0.3 is 10.4 Å². The van der Waals surface area contributed by atoms with Gasteiger partial charge in [-0.15, -0.1) is 0 Å². The van der Waals surface area contributed by atoms with E-state index >= 15 is 0 Å². The van der Waals surface area contributed by atoms with Crippen LogP contribution in [0.15, 0.2) is 0 Å². The highest BCUT2D eigenvalue weighted by atomic mass is 16.3. The van der Waals surface area contributed by atoms with Crippen LogP contribution in [-0.2, 0) is 0 Å². The summed E-state index contributed by atoms with van der Waals surface area (Å²) in [6.45, 7) is 3.83. The summed E-state index contributed by atoms with van der Waals surface area (Å²) in [5, 5.41) is 12.5. The second-order valence-corrected chi connectivity index (χ2v) is 3.87. The Balaban J connectivity index is 1.86. The molecule has 2 aliphatic heterocycles. The van der Waals surface area contributed by atoms with Gasteiger partial charge in [0.05, 0.1) is 6.61 Å². The number of hydrogen-bond acceptors (Lipinski definition) is 3. The smallest absolute Gasteiger partial charge is 0.0587 e. The quantitative estimate of drug-likeness (QED) is 0.572. The Bertz CT molecular complexity index is 149. The van der Waals surface area contributed by atoms with Crippen LogP contribution in [0.5, 0.6) is 0 Å². The van der Waals surface area contributed by atoms with Crippen molar-refractivity contribution < 1.29 is 5.11 Å². The number of nitrogens with one attached hydrogen (secondary N) is 1. The summed E-state index contributed by atoms with van der Waals surface area (Å²) < 4.78 is 0. The van der Waals surface area contributed by atoms with Gasteiger partial charge in [0.1, 0.15) is 0 Å². The summed E-state index contributed by atoms with van der Waals surface area (Å²) >= 11 is 0. The lowest BCUT2D eigenvalue weighted by molar-refractivity contribution is -0.0208. The Morgan fingerprint density at radius 2 is 2.33 bits per heavy atom. The summed E-state index contributed by atoms with van der Waals surface area (Å²) in [6, 6.07) is 1.18. The number of nitrogens with zero attached hydrogens (tertiary/aromatic N) is 1. The summed E-state index contributed by atoms with van der Waals surface area (Å²) in [5.74, 6) is 0. The Morgan fingerprint density at radius 3 is 3.17 bits per heavy atom. The average molecular weight is 170 g/mol. The van der Waals surface area contributed by atoms with Gasteiger partial charge in [-0.2, -0.15) is 0 Å². The lowest BCUT2D eigenvalue weighted by Crippen LogP contribution is -2.61. The molecule has 0 unspecified atom stereocenters. The van der Waals surface area contributed by atoms with Crippen LogP contribution in [0.4, 0.5) is 0 Å². The molecule has 2 saturated heterocycles. The predicted octanol–water partition coefficient (Wildman–Crippen LogP) is -0.195. The molecule has 0 saturated carbocycles. The van der Waals surface area contributed by atoms with Gasteiger partial charge in [-0.1, -0.05) is 0 Å². The Labute approximate surface area is 73.8 Å². The summed E-state index contributed by atoms with van der Waals surface area (Å²) in [5.41, 5.74) is 0. The van der Waals surface area contributed by atoms with Crippen molar-refractivity contribution in [1.29, 1.82) is 0 Å². The molecule has 0 amide bonds. The fourth-order valence-electron chi connectivity index (χ4n) is 2.30. The molecule has 0 spiro atoms. The molecule has 0 bridgehead atoms. The fourth-order valence-corrected chi connectivity index (χ4v) is 2.30. The lowest BCUT2D eigenvalue weighted by atomic mass is 9.92. The largest absolute Gasteiger partial charge is 0.395 e. The van der Waals surface area contributed by atoms with E-state index in [9.17, 15) is 0 Å². The molecular formula is C9H18N2O. The maximum atomic E-state index is 9.03. The minimum absolute atomic E-state index is 0.344. The molecule has 2 atom stereocenters. The summed E-state index contributed by atoms with van der Waals surface area (Å²) in [6.07, 6.45) is 3.74. The third kappa shape index (κ3) is 1.49. The molecule has 2 fully saturated rings. The van der Waals surface area contributed by atoms with Gasteiger partial charge in [0, 0.05) is 18.6 Å². The maximum absolute atomic E-state index is 9.03. The molecule has 70 valence electrons. The van der Waals surface area contributed by atoms with Gasteiger partial charge in [0.25, 0.3) is 0 Å². The van der Waals surface area contributed by atoms with Crippen LogP contribution in [0, 0.1) is 0 Å². The zero-order chi connectivity index (χ0) is 8.39. The van der Waals surface area contributed by atoms with Crippen LogP contribution in [0.3, 0.4) is 0 Å². The fraction of sp³-hybridized carbons (Fsp3) is 1.00. The third-order valence-corrected chi connectivity index (χ3v) is 3.09. The highest BCUT2D eigenvalue weighted by molar-refractivity contribution is 4.94. The van der Waals surface area contributed by atoms with Gasteiger partial charge in [-0.05, 0) is 32.4 Å². The van der Waals surface area contributed by atoms with E-state index in [1.165, 1.54) is 32.4 Å². The highest BCUT2D eigenvalue weighted by Crippen LogP contribution is 2.25. The number of aliphatic hydroxyl groups is 1. The van der Waals surface area contributed by atoms with Crippen LogP contribution < -0.4 is 5.32 Å². The number of fused-ring (bicyclic) bond motifs is 1. The molecule has 12 heavy (non-hydrogen) atoms. The molecule has 0 aromatic carbocycles. The molecule has 0 aromatic heterocycles. The van der Waals surface area contributed by atoms with E-state index in [2.05, 4.69) is 10.2 Å². The van der Waals surface area contributed by atoms with Crippen molar-refractivity contribution in [3.05, 3.63) is 0 Å². The predicted molar refractivity (Wildman–Crippen MR) is 48.1 cm³/mol. The van der Waals surface area contributed by atoms with Crippen molar-refractivity contribution in [3.8, 4) is 0 Å². The standard InChI is InChI=1S/C9H18N2O/c12-7-9-5-8-6-10-3-1-2-4-11(8)9/h8-10,12H,1-7H2/t8-,9+/m1/s1. The van der Waals surface area contributed by atoms with E-state index in [0.29, 0.717) is 18.7 Å². The lowest BCUT2D eigenvalue weighted by Gasteiger charge is -2.49. The number of aliphatic hydroxyl groups excluding tert-OH is 1. The SMILES string of the molecule is OC[C@@H]1C[C@@H]2CNCCCCN12. The van der Waals surface area contributed by atoms with Crippen molar-refractivity contribution in [3.63, 3.8) is 0 Å². The second kappa shape index (κ2) is 3.73. The molecule has 2 rings (SSSR count). The molecular weight excluding hydrogens is 152 g/mol. The number of hydrogen-bond donors (Lipinski definition) is 2. The van der Waals surface area contributed by atoms with Crippen LogP contribution in [0.25, 0.3) is 0 Å². The molecule has 2 aliphatic rings. The minimum atomic E-state index is 0.344. The Hall–Kier alpha value is -0.120. The van der Waals surface area contributed by atoms with E-state index in [4.69, 9.17) is 5.11 Å². The van der Waals surface area contributed by atoms with Crippen LogP contribution >= 0.6 is 0 Å². The zero-order valence-electron chi connectivity index (χ0n) is 7.50. The second-order valence-electron chi connectivity index (χ2n) is 3.87. The first kappa shape index (κ1) is 8.48. The molecule has 0 aliphatic carbocycles. The van der Waals surface area contributed by atoms with E-state index in [-0.39, 0.29) is 0 Å². The van der Waals surface area contributed by atoms with Crippen LogP contribution in [0.1, 0.15) is 19.3 Å².